The Bertz CT molecular complexity index is 280. The van der Waals surface area contributed by atoms with E-state index in [1.54, 1.807) is 0 Å². The average Bonchev–Trinajstić information content (AvgIpc) is 2.59. The highest BCUT2D eigenvalue weighted by molar-refractivity contribution is 7.90. The van der Waals surface area contributed by atoms with Gasteiger partial charge in [0.2, 0.25) is 0 Å². The van der Waals surface area contributed by atoms with Crippen molar-refractivity contribution in [1.82, 2.24) is 0 Å². The van der Waals surface area contributed by atoms with Crippen molar-refractivity contribution in [2.24, 2.45) is 11.8 Å². The van der Waals surface area contributed by atoms with E-state index in [-0.39, 0.29) is 17.6 Å². The Balaban J connectivity index is 2.25. The highest BCUT2D eigenvalue weighted by atomic mass is 32.2. The quantitative estimate of drug-likeness (QED) is 0.687. The molecule has 70 valence electrons. The summed E-state index contributed by atoms with van der Waals surface area (Å²) in [6, 6.07) is 0. The fraction of sp³-hybridized carbons (Fsp3) is 0.857. The van der Waals surface area contributed by atoms with Crippen LogP contribution in [0.1, 0.15) is 12.8 Å². The predicted octanol–water partition coefficient (Wildman–Crippen LogP) is 0.142. The van der Waals surface area contributed by atoms with Crippen molar-refractivity contribution < 1.29 is 18.3 Å². The van der Waals surface area contributed by atoms with E-state index in [0.717, 1.165) is 0 Å². The lowest BCUT2D eigenvalue weighted by Crippen LogP contribution is -2.06. The van der Waals surface area contributed by atoms with Crippen LogP contribution in [0.2, 0.25) is 0 Å². The van der Waals surface area contributed by atoms with Gasteiger partial charge in [-0.15, -0.1) is 0 Å². The summed E-state index contributed by atoms with van der Waals surface area (Å²) in [6.07, 6.45) is 2.31. The summed E-state index contributed by atoms with van der Waals surface area (Å²) >= 11 is 0. The van der Waals surface area contributed by atoms with Crippen LogP contribution in [0.3, 0.4) is 0 Å². The van der Waals surface area contributed by atoms with Crippen molar-refractivity contribution in [3.8, 4) is 0 Å². The molecule has 0 aromatic rings. The first kappa shape index (κ1) is 9.51. The molecule has 4 nitrogen and oxygen atoms in total. The molecule has 1 N–H and O–H groups in total. The summed E-state index contributed by atoms with van der Waals surface area (Å²) in [6.45, 7) is 0. The van der Waals surface area contributed by atoms with Gasteiger partial charge in [0.25, 0.3) is 0 Å². The maximum atomic E-state index is 10.7. The Morgan fingerprint density at radius 3 is 2.50 bits per heavy atom. The smallest absolute Gasteiger partial charge is 0.306 e. The monoisotopic (exact) mass is 192 g/mol. The van der Waals surface area contributed by atoms with E-state index < -0.39 is 15.8 Å². The van der Waals surface area contributed by atoms with Crippen LogP contribution in [-0.2, 0) is 14.6 Å². The zero-order valence-corrected chi connectivity index (χ0v) is 7.67. The van der Waals surface area contributed by atoms with Crippen LogP contribution in [0.25, 0.3) is 0 Å². The summed E-state index contributed by atoms with van der Waals surface area (Å²) in [4.78, 5) is 10.3. The van der Waals surface area contributed by atoms with Crippen LogP contribution in [0.15, 0.2) is 0 Å². The molecule has 0 unspecified atom stereocenters. The number of aliphatic carboxylic acids is 1. The minimum atomic E-state index is -2.92. The van der Waals surface area contributed by atoms with E-state index in [4.69, 9.17) is 5.11 Å². The number of carboxylic acids is 1. The van der Waals surface area contributed by atoms with Gasteiger partial charge in [-0.25, -0.2) is 8.42 Å². The second-order valence-electron chi connectivity index (χ2n) is 3.36. The van der Waals surface area contributed by atoms with Crippen molar-refractivity contribution in [3.05, 3.63) is 0 Å². The summed E-state index contributed by atoms with van der Waals surface area (Å²) in [5.74, 6) is -0.876. The molecule has 12 heavy (non-hydrogen) atoms. The van der Waals surface area contributed by atoms with Crippen LogP contribution in [0.5, 0.6) is 0 Å². The highest BCUT2D eigenvalue weighted by Gasteiger charge is 2.42. The molecule has 0 aliphatic heterocycles. The SMILES string of the molecule is CS(=O)(=O)CC[C@@H]1C[C@H]1C(=O)O. The maximum absolute atomic E-state index is 10.7. The fourth-order valence-corrected chi connectivity index (χ4v) is 1.97. The molecule has 0 bridgehead atoms. The zero-order valence-electron chi connectivity index (χ0n) is 6.86. The topological polar surface area (TPSA) is 71.4 Å². The Morgan fingerprint density at radius 1 is 1.58 bits per heavy atom. The first-order valence-electron chi connectivity index (χ1n) is 3.80. The third-order valence-corrected chi connectivity index (χ3v) is 3.08. The van der Waals surface area contributed by atoms with Gasteiger partial charge in [0.05, 0.1) is 11.7 Å². The van der Waals surface area contributed by atoms with E-state index in [2.05, 4.69) is 0 Å². The third kappa shape index (κ3) is 2.81. The molecule has 1 aliphatic carbocycles. The van der Waals surface area contributed by atoms with Gasteiger partial charge in [0, 0.05) is 6.26 Å². The molecule has 1 fully saturated rings. The third-order valence-electron chi connectivity index (χ3n) is 2.10. The molecule has 5 heteroatoms. The standard InChI is InChI=1S/C7H12O4S/c1-12(10,11)3-2-5-4-6(5)7(8)9/h5-6H,2-4H2,1H3,(H,8,9)/t5-,6-/m1/s1. The Hall–Kier alpha value is -0.580. The van der Waals surface area contributed by atoms with Crippen LogP contribution in [0, 0.1) is 11.8 Å². The van der Waals surface area contributed by atoms with Gasteiger partial charge in [-0.2, -0.15) is 0 Å². The second kappa shape index (κ2) is 3.05. The van der Waals surface area contributed by atoms with Gasteiger partial charge in [-0.3, -0.25) is 4.79 Å². The average molecular weight is 192 g/mol. The van der Waals surface area contributed by atoms with E-state index in [0.29, 0.717) is 12.8 Å². The summed E-state index contributed by atoms with van der Waals surface area (Å²) < 4.78 is 21.4. The molecule has 0 aromatic heterocycles. The van der Waals surface area contributed by atoms with E-state index in [1.807, 2.05) is 0 Å². The Kier molecular flexibility index (Phi) is 2.41. The number of rotatable bonds is 4. The molecule has 1 saturated carbocycles. The van der Waals surface area contributed by atoms with Gasteiger partial charge in [0.15, 0.2) is 0 Å². The van der Waals surface area contributed by atoms with Crippen molar-refractivity contribution in [2.75, 3.05) is 12.0 Å². The zero-order chi connectivity index (χ0) is 9.35. The summed E-state index contributed by atoms with van der Waals surface area (Å²) in [5.41, 5.74) is 0. The summed E-state index contributed by atoms with van der Waals surface area (Å²) in [7, 11) is -2.92. The molecule has 1 aliphatic rings. The lowest BCUT2D eigenvalue weighted by atomic mass is 10.2. The molecule has 0 spiro atoms. The fourth-order valence-electron chi connectivity index (χ4n) is 1.23. The van der Waals surface area contributed by atoms with E-state index in [1.165, 1.54) is 6.26 Å². The molecule has 0 radical (unpaired) electrons. The number of hydrogen-bond donors (Lipinski definition) is 1. The van der Waals surface area contributed by atoms with Gasteiger partial charge >= 0.3 is 5.97 Å². The maximum Gasteiger partial charge on any atom is 0.306 e. The number of carbonyl (C=O) groups is 1. The lowest BCUT2D eigenvalue weighted by Gasteiger charge is -1.95. The van der Waals surface area contributed by atoms with Crippen molar-refractivity contribution in [2.45, 2.75) is 12.8 Å². The molecular weight excluding hydrogens is 180 g/mol. The molecule has 0 heterocycles. The van der Waals surface area contributed by atoms with Crippen molar-refractivity contribution >= 4 is 15.8 Å². The van der Waals surface area contributed by atoms with E-state index >= 15 is 0 Å². The van der Waals surface area contributed by atoms with Crippen LogP contribution in [0.4, 0.5) is 0 Å². The number of sulfone groups is 1. The Morgan fingerprint density at radius 2 is 2.17 bits per heavy atom. The van der Waals surface area contributed by atoms with Gasteiger partial charge in [-0.1, -0.05) is 0 Å². The highest BCUT2D eigenvalue weighted by Crippen LogP contribution is 2.41. The minimum Gasteiger partial charge on any atom is -0.481 e. The molecule has 0 amide bonds. The minimum absolute atomic E-state index is 0.0947. The van der Waals surface area contributed by atoms with Crippen LogP contribution >= 0.6 is 0 Å². The second-order valence-corrected chi connectivity index (χ2v) is 5.62. The lowest BCUT2D eigenvalue weighted by molar-refractivity contribution is -0.138. The predicted molar refractivity (Wildman–Crippen MR) is 43.6 cm³/mol. The normalized spacial score (nSPS) is 28.4. The summed E-state index contributed by atoms with van der Waals surface area (Å²) in [5, 5.41) is 8.50. The molecular formula is C7H12O4S. The van der Waals surface area contributed by atoms with Crippen molar-refractivity contribution in [1.29, 1.82) is 0 Å². The van der Waals surface area contributed by atoms with Crippen LogP contribution in [-0.4, -0.2) is 31.5 Å². The first-order chi connectivity index (χ1) is 5.40. The first-order valence-corrected chi connectivity index (χ1v) is 5.87. The molecule has 2 atom stereocenters. The largest absolute Gasteiger partial charge is 0.481 e. The van der Waals surface area contributed by atoms with Crippen molar-refractivity contribution in [3.63, 3.8) is 0 Å². The number of hydrogen-bond acceptors (Lipinski definition) is 3. The molecule has 0 aromatic carbocycles. The van der Waals surface area contributed by atoms with Crippen LogP contribution < -0.4 is 0 Å². The molecule has 1 rings (SSSR count). The van der Waals surface area contributed by atoms with Gasteiger partial charge in [-0.05, 0) is 18.8 Å². The van der Waals surface area contributed by atoms with Gasteiger partial charge < -0.3 is 5.11 Å². The van der Waals surface area contributed by atoms with Gasteiger partial charge in [0.1, 0.15) is 9.84 Å². The number of carboxylic acid groups (broad SMARTS) is 1. The van der Waals surface area contributed by atoms with E-state index in [9.17, 15) is 13.2 Å². The Labute approximate surface area is 71.5 Å². The molecule has 0 saturated heterocycles.